The third kappa shape index (κ3) is 4.54. The smallest absolute Gasteiger partial charge is 0.295 e. The zero-order valence-electron chi connectivity index (χ0n) is 16.8. The maximum atomic E-state index is 12.9. The second-order valence-electron chi connectivity index (χ2n) is 7.47. The summed E-state index contributed by atoms with van der Waals surface area (Å²) in [6.45, 7) is 4.55. The third-order valence-corrected chi connectivity index (χ3v) is 5.56. The minimum Gasteiger partial charge on any atom is -0.507 e. The van der Waals surface area contributed by atoms with E-state index in [9.17, 15) is 14.7 Å². The number of Topliss-reactive ketones (excluding diaryl/α,β-unsaturated/α-hetero) is 1. The topological polar surface area (TPSA) is 57.6 Å². The molecule has 0 saturated carbocycles. The molecular weight excluding hydrogens is 386 g/mol. The number of benzene rings is 2. The molecule has 1 heterocycles. The van der Waals surface area contributed by atoms with Crippen molar-refractivity contribution in [2.75, 3.05) is 6.54 Å². The lowest BCUT2D eigenvalue weighted by Gasteiger charge is -2.25. The minimum absolute atomic E-state index is 0.136. The first-order chi connectivity index (χ1) is 13.9. The molecule has 1 amide bonds. The maximum Gasteiger partial charge on any atom is 0.295 e. The quantitative estimate of drug-likeness (QED) is 0.277. The third-order valence-electron chi connectivity index (χ3n) is 5.30. The summed E-state index contributed by atoms with van der Waals surface area (Å²) in [6, 6.07) is 13.7. The van der Waals surface area contributed by atoms with Gasteiger partial charge in [-0.3, -0.25) is 9.59 Å². The van der Waals surface area contributed by atoms with Gasteiger partial charge in [0.2, 0.25) is 0 Å². The van der Waals surface area contributed by atoms with Crippen LogP contribution in [0.15, 0.2) is 54.1 Å². The second kappa shape index (κ2) is 9.27. The molecule has 1 fully saturated rings. The van der Waals surface area contributed by atoms with E-state index in [-0.39, 0.29) is 11.3 Å². The van der Waals surface area contributed by atoms with E-state index >= 15 is 0 Å². The van der Waals surface area contributed by atoms with Crippen molar-refractivity contribution in [1.29, 1.82) is 0 Å². The van der Waals surface area contributed by atoms with E-state index in [0.717, 1.165) is 36.8 Å². The summed E-state index contributed by atoms with van der Waals surface area (Å²) in [5.41, 5.74) is 2.47. The van der Waals surface area contributed by atoms with Gasteiger partial charge in [0.25, 0.3) is 11.7 Å². The van der Waals surface area contributed by atoms with E-state index in [2.05, 4.69) is 6.92 Å². The number of nitrogens with zero attached hydrogens (tertiary/aromatic N) is 1. The van der Waals surface area contributed by atoms with Crippen LogP contribution in [0, 0.1) is 6.92 Å². The van der Waals surface area contributed by atoms with Gasteiger partial charge in [-0.05, 0) is 31.0 Å². The van der Waals surface area contributed by atoms with E-state index in [1.54, 1.807) is 41.3 Å². The number of halogens is 1. The van der Waals surface area contributed by atoms with E-state index in [4.69, 9.17) is 11.6 Å². The van der Waals surface area contributed by atoms with Crippen LogP contribution in [0.5, 0.6) is 0 Å². The average Bonchev–Trinajstić information content (AvgIpc) is 2.96. The van der Waals surface area contributed by atoms with Crippen LogP contribution in [0.4, 0.5) is 0 Å². The summed E-state index contributed by atoms with van der Waals surface area (Å²) >= 11 is 6.03. The Morgan fingerprint density at radius 1 is 1.00 bits per heavy atom. The highest BCUT2D eigenvalue weighted by Gasteiger charge is 2.45. The number of aliphatic hydroxyl groups is 1. The number of carbonyl (C=O) groups excluding carboxylic acids is 2. The van der Waals surface area contributed by atoms with E-state index in [1.807, 2.05) is 19.1 Å². The van der Waals surface area contributed by atoms with Gasteiger partial charge in [-0.25, -0.2) is 0 Å². The van der Waals surface area contributed by atoms with Crippen molar-refractivity contribution in [3.8, 4) is 0 Å². The largest absolute Gasteiger partial charge is 0.507 e. The summed E-state index contributed by atoms with van der Waals surface area (Å²) in [6.07, 6.45) is 3.98. The molecular formula is C24H26ClNO3. The van der Waals surface area contributed by atoms with Gasteiger partial charge in [-0.1, -0.05) is 79.7 Å². The zero-order valence-corrected chi connectivity index (χ0v) is 17.6. The van der Waals surface area contributed by atoms with Crippen molar-refractivity contribution in [2.24, 2.45) is 0 Å². The van der Waals surface area contributed by atoms with Gasteiger partial charge in [0.05, 0.1) is 11.6 Å². The van der Waals surface area contributed by atoms with E-state index in [1.165, 1.54) is 0 Å². The second-order valence-corrected chi connectivity index (χ2v) is 7.91. The van der Waals surface area contributed by atoms with Crippen LogP contribution in [-0.4, -0.2) is 28.2 Å². The number of aliphatic hydroxyl groups excluding tert-OH is 1. The van der Waals surface area contributed by atoms with Crippen LogP contribution in [0.2, 0.25) is 5.02 Å². The van der Waals surface area contributed by atoms with Crippen LogP contribution in [0.25, 0.3) is 5.76 Å². The Balaban J connectivity index is 2.05. The molecule has 2 aromatic rings. The van der Waals surface area contributed by atoms with Crippen LogP contribution < -0.4 is 0 Å². The fraction of sp³-hybridized carbons (Fsp3) is 0.333. The van der Waals surface area contributed by atoms with Crippen molar-refractivity contribution in [3.63, 3.8) is 0 Å². The molecule has 0 spiro atoms. The molecule has 0 aliphatic carbocycles. The number of hydrogen-bond acceptors (Lipinski definition) is 3. The standard InChI is InChI=1S/C24H26ClNO3/c1-3-4-5-6-15-26-21(17-11-13-19(25)14-12-17)20(23(28)24(26)29)22(27)18-9-7-16(2)8-10-18/h7-14,21,27H,3-6,15H2,1-2H3/b22-20+. The molecule has 1 N–H and O–H groups in total. The number of rotatable bonds is 7. The van der Waals surface area contributed by atoms with Gasteiger partial charge < -0.3 is 10.0 Å². The Morgan fingerprint density at radius 3 is 2.28 bits per heavy atom. The van der Waals surface area contributed by atoms with Crippen LogP contribution in [0.3, 0.4) is 0 Å². The number of likely N-dealkylation sites (tertiary alicyclic amines) is 1. The first-order valence-corrected chi connectivity index (χ1v) is 10.4. The molecule has 152 valence electrons. The molecule has 2 aromatic carbocycles. The minimum atomic E-state index is -0.640. The molecule has 0 radical (unpaired) electrons. The van der Waals surface area contributed by atoms with Crippen molar-refractivity contribution in [3.05, 3.63) is 75.8 Å². The average molecular weight is 412 g/mol. The summed E-state index contributed by atoms with van der Waals surface area (Å²) in [7, 11) is 0. The lowest BCUT2D eigenvalue weighted by molar-refractivity contribution is -0.139. The van der Waals surface area contributed by atoms with Gasteiger partial charge in [0, 0.05) is 17.1 Å². The normalized spacial score (nSPS) is 18.4. The van der Waals surface area contributed by atoms with Gasteiger partial charge in [0.15, 0.2) is 0 Å². The molecule has 4 nitrogen and oxygen atoms in total. The Labute approximate surface area is 176 Å². The molecule has 1 aliphatic heterocycles. The fourth-order valence-electron chi connectivity index (χ4n) is 3.68. The Kier molecular flexibility index (Phi) is 6.75. The lowest BCUT2D eigenvalue weighted by Crippen LogP contribution is -2.30. The Bertz CT molecular complexity index is 916. The predicted molar refractivity (Wildman–Crippen MR) is 116 cm³/mol. The molecule has 29 heavy (non-hydrogen) atoms. The van der Waals surface area contributed by atoms with Gasteiger partial charge in [-0.15, -0.1) is 0 Å². The fourth-order valence-corrected chi connectivity index (χ4v) is 3.80. The molecule has 0 aromatic heterocycles. The summed E-state index contributed by atoms with van der Waals surface area (Å²) in [5.74, 6) is -1.34. The van der Waals surface area contributed by atoms with Gasteiger partial charge in [0.1, 0.15) is 5.76 Å². The van der Waals surface area contributed by atoms with Crippen LogP contribution >= 0.6 is 11.6 Å². The number of amides is 1. The summed E-state index contributed by atoms with van der Waals surface area (Å²) < 4.78 is 0. The monoisotopic (exact) mass is 411 g/mol. The molecule has 1 saturated heterocycles. The van der Waals surface area contributed by atoms with E-state index in [0.29, 0.717) is 17.1 Å². The Morgan fingerprint density at radius 2 is 1.66 bits per heavy atom. The number of aryl methyl sites for hydroxylation is 1. The molecule has 1 unspecified atom stereocenters. The SMILES string of the molecule is CCCCCCN1C(=O)C(=O)/C(=C(/O)c2ccc(C)cc2)C1c1ccc(Cl)cc1. The Hall–Kier alpha value is -2.59. The summed E-state index contributed by atoms with van der Waals surface area (Å²) in [4.78, 5) is 27.3. The van der Waals surface area contributed by atoms with Crippen LogP contribution in [0.1, 0.15) is 55.3 Å². The number of carbonyl (C=O) groups is 2. The van der Waals surface area contributed by atoms with Crippen LogP contribution in [-0.2, 0) is 9.59 Å². The number of ketones is 1. The van der Waals surface area contributed by atoms with Gasteiger partial charge >= 0.3 is 0 Å². The highest BCUT2D eigenvalue weighted by atomic mass is 35.5. The van der Waals surface area contributed by atoms with Gasteiger partial charge in [-0.2, -0.15) is 0 Å². The maximum absolute atomic E-state index is 12.9. The van der Waals surface area contributed by atoms with Crippen molar-refractivity contribution in [1.82, 2.24) is 4.90 Å². The lowest BCUT2D eigenvalue weighted by atomic mass is 9.95. The molecule has 3 rings (SSSR count). The molecule has 1 atom stereocenters. The first-order valence-electron chi connectivity index (χ1n) is 10.0. The predicted octanol–water partition coefficient (Wildman–Crippen LogP) is 5.65. The summed E-state index contributed by atoms with van der Waals surface area (Å²) in [5, 5.41) is 11.5. The zero-order chi connectivity index (χ0) is 21.0. The highest BCUT2D eigenvalue weighted by Crippen LogP contribution is 2.39. The molecule has 0 bridgehead atoms. The van der Waals surface area contributed by atoms with Crippen molar-refractivity contribution < 1.29 is 14.7 Å². The number of unbranched alkanes of at least 4 members (excludes halogenated alkanes) is 3. The first kappa shape index (κ1) is 21.1. The van der Waals surface area contributed by atoms with Crippen molar-refractivity contribution >= 4 is 29.1 Å². The highest BCUT2D eigenvalue weighted by molar-refractivity contribution is 6.46. The molecule has 5 heteroatoms. The van der Waals surface area contributed by atoms with Crippen molar-refractivity contribution in [2.45, 2.75) is 45.6 Å². The number of hydrogen-bond donors (Lipinski definition) is 1. The van der Waals surface area contributed by atoms with E-state index < -0.39 is 17.7 Å². The molecule has 1 aliphatic rings.